The molecule has 24 heteroatoms. The lowest BCUT2D eigenvalue weighted by Crippen LogP contribution is -2.35. The third kappa shape index (κ3) is 13.3. The number of anilines is 2. The number of ether oxygens (including phenoxy) is 5. The molecule has 5 aromatic rings. The number of benzene rings is 3. The number of imide groups is 1. The SMILES string of the molecule is CC(C)=C1OC(=O)N(c2cc(OC3CCCC3)c(Cl)cc2F)C1=O.COc1nc(C)nc(NC(=O)NS(=O)(=O)c2ccccc2OCCCl)n1.O=C(O)COc1ccc(Cl)c2cccnc12. The first kappa shape index (κ1) is 50.4. The zero-order valence-electron chi connectivity index (χ0n) is 35.5. The second-order valence-corrected chi connectivity index (χ2v) is 16.8. The summed E-state index contributed by atoms with van der Waals surface area (Å²) in [6, 6.07) is 13.9. The van der Waals surface area contributed by atoms with Crippen molar-refractivity contribution in [3.63, 3.8) is 0 Å². The van der Waals surface area contributed by atoms with Gasteiger partial charge in [0.15, 0.2) is 12.4 Å². The average molecular weight is 993 g/mol. The number of hydrogen-bond donors (Lipinski definition) is 3. The number of pyridine rings is 1. The van der Waals surface area contributed by atoms with Gasteiger partial charge in [-0.15, -0.1) is 11.6 Å². The summed E-state index contributed by atoms with van der Waals surface area (Å²) in [6.45, 7) is 4.56. The molecular weight excluding hydrogens is 952 g/mol. The quantitative estimate of drug-likeness (QED) is 0.0742. The maximum atomic E-state index is 14.3. The molecule has 3 heterocycles. The first-order valence-electron chi connectivity index (χ1n) is 19.6. The molecule has 1 aliphatic carbocycles. The van der Waals surface area contributed by atoms with E-state index < -0.39 is 46.4 Å². The number of alkyl halides is 1. The number of nitrogens with zero attached hydrogens (tertiary/aromatic N) is 5. The van der Waals surface area contributed by atoms with Crippen molar-refractivity contribution in [3.8, 4) is 23.3 Å². The number of para-hydroxylation sites is 1. The van der Waals surface area contributed by atoms with Gasteiger partial charge in [0, 0.05) is 17.6 Å². The first-order chi connectivity index (χ1) is 31.4. The van der Waals surface area contributed by atoms with Gasteiger partial charge in [-0.3, -0.25) is 15.1 Å². The number of methoxy groups -OCH3 is 1. The van der Waals surface area contributed by atoms with Crippen LogP contribution < -0.4 is 33.9 Å². The van der Waals surface area contributed by atoms with E-state index in [1.165, 1.54) is 31.4 Å². The summed E-state index contributed by atoms with van der Waals surface area (Å²) in [5, 5.41) is 12.1. The number of allylic oxidation sites excluding steroid dienone is 1. The Balaban J connectivity index is 0.000000191. The van der Waals surface area contributed by atoms with Crippen LogP contribution in [0.3, 0.4) is 0 Å². The van der Waals surface area contributed by atoms with E-state index >= 15 is 0 Å². The lowest BCUT2D eigenvalue weighted by atomic mass is 10.2. The van der Waals surface area contributed by atoms with Gasteiger partial charge in [-0.2, -0.15) is 15.0 Å². The highest BCUT2D eigenvalue weighted by Gasteiger charge is 2.40. The van der Waals surface area contributed by atoms with Crippen molar-refractivity contribution in [2.24, 2.45) is 0 Å². The normalized spacial score (nSPS) is 13.5. The van der Waals surface area contributed by atoms with Gasteiger partial charge in [-0.25, -0.2) is 36.8 Å². The number of aryl methyl sites for hydroxylation is 1. The number of aromatic nitrogens is 4. The van der Waals surface area contributed by atoms with Gasteiger partial charge in [-0.05, 0) is 94.5 Å². The topological polar surface area (TPSA) is 248 Å². The zero-order chi connectivity index (χ0) is 48.1. The number of nitrogens with one attached hydrogen (secondary N) is 2. The van der Waals surface area contributed by atoms with Crippen LogP contribution >= 0.6 is 34.8 Å². The van der Waals surface area contributed by atoms with Gasteiger partial charge in [0.2, 0.25) is 5.95 Å². The van der Waals surface area contributed by atoms with E-state index in [4.69, 9.17) is 63.6 Å². The molecule has 4 amide bonds. The second kappa shape index (κ2) is 23.1. The maximum absolute atomic E-state index is 14.3. The number of carbonyl (C=O) groups excluding carboxylic acids is 3. The van der Waals surface area contributed by atoms with Gasteiger partial charge in [0.25, 0.3) is 10.0 Å². The molecule has 0 radical (unpaired) electrons. The number of cyclic esters (lactones) is 1. The molecule has 0 spiro atoms. The van der Waals surface area contributed by atoms with Crippen LogP contribution in [0.15, 0.2) is 83.1 Å². The fraction of sp³-hybridized carbons (Fsp3) is 0.286. The molecule has 0 bridgehead atoms. The Hall–Kier alpha value is -6.55. The van der Waals surface area contributed by atoms with Crippen LogP contribution in [0.5, 0.6) is 23.3 Å². The summed E-state index contributed by atoms with van der Waals surface area (Å²) >= 11 is 17.6. The number of carboxylic acids is 1. The highest BCUT2D eigenvalue weighted by atomic mass is 35.5. The van der Waals surface area contributed by atoms with Crippen molar-refractivity contribution in [1.29, 1.82) is 0 Å². The summed E-state index contributed by atoms with van der Waals surface area (Å²) in [5.41, 5.74) is 0.877. The molecule has 19 nitrogen and oxygen atoms in total. The molecule has 350 valence electrons. The Morgan fingerprint density at radius 3 is 2.35 bits per heavy atom. The van der Waals surface area contributed by atoms with E-state index in [1.54, 1.807) is 57.3 Å². The van der Waals surface area contributed by atoms with Gasteiger partial charge in [0.05, 0.1) is 34.8 Å². The number of fused-ring (bicyclic) bond motifs is 1. The van der Waals surface area contributed by atoms with E-state index in [0.29, 0.717) is 26.8 Å². The van der Waals surface area contributed by atoms with E-state index in [2.05, 4.69) is 25.3 Å². The monoisotopic (exact) mass is 991 g/mol. The molecule has 3 N–H and O–H groups in total. The molecule has 2 fully saturated rings. The Kier molecular flexibility index (Phi) is 17.6. The minimum atomic E-state index is -4.20. The van der Waals surface area contributed by atoms with Crippen molar-refractivity contribution in [3.05, 3.63) is 99.9 Å². The van der Waals surface area contributed by atoms with Gasteiger partial charge in [-0.1, -0.05) is 35.3 Å². The van der Waals surface area contributed by atoms with Gasteiger partial charge < -0.3 is 28.8 Å². The van der Waals surface area contributed by atoms with Crippen LogP contribution in [-0.2, 0) is 24.3 Å². The van der Waals surface area contributed by atoms with Crippen LogP contribution in [0.4, 0.5) is 25.6 Å². The smallest absolute Gasteiger partial charge is 0.427 e. The fourth-order valence-electron chi connectivity index (χ4n) is 6.07. The molecule has 7 rings (SSSR count). The van der Waals surface area contributed by atoms with E-state index in [1.807, 2.05) is 4.72 Å². The average Bonchev–Trinajstić information content (AvgIpc) is 3.90. The second-order valence-electron chi connectivity index (χ2n) is 14.0. The molecule has 1 saturated heterocycles. The molecule has 2 aliphatic rings. The predicted molar refractivity (Wildman–Crippen MR) is 240 cm³/mol. The predicted octanol–water partition coefficient (Wildman–Crippen LogP) is 8.25. The van der Waals surface area contributed by atoms with E-state index in [0.717, 1.165) is 37.1 Å². The van der Waals surface area contributed by atoms with Crippen molar-refractivity contribution >= 4 is 91.4 Å². The highest BCUT2D eigenvalue weighted by molar-refractivity contribution is 7.90. The molecule has 3 aromatic carbocycles. The molecule has 1 aliphatic heterocycles. The van der Waals surface area contributed by atoms with Gasteiger partial charge >= 0.3 is 30.0 Å². The van der Waals surface area contributed by atoms with Crippen LogP contribution in [0.1, 0.15) is 45.4 Å². The fourth-order valence-corrected chi connectivity index (χ4v) is 7.61. The number of carboxylic acid groups (broad SMARTS) is 1. The summed E-state index contributed by atoms with van der Waals surface area (Å²) in [4.78, 5) is 62.9. The Morgan fingerprint density at radius 1 is 0.955 bits per heavy atom. The maximum Gasteiger partial charge on any atom is 0.427 e. The van der Waals surface area contributed by atoms with Crippen LogP contribution in [0.25, 0.3) is 10.9 Å². The molecule has 0 unspecified atom stereocenters. The molecule has 0 atom stereocenters. The summed E-state index contributed by atoms with van der Waals surface area (Å²) < 4.78 is 67.1. The summed E-state index contributed by atoms with van der Waals surface area (Å²) in [6.07, 6.45) is 4.60. The number of aliphatic carboxylic acids is 1. The minimum absolute atomic E-state index is 0.00962. The molecule has 1 saturated carbocycles. The summed E-state index contributed by atoms with van der Waals surface area (Å²) in [7, 11) is -2.85. The van der Waals surface area contributed by atoms with Crippen molar-refractivity contribution < 1.29 is 60.8 Å². The van der Waals surface area contributed by atoms with Crippen LogP contribution in [-0.4, -0.2) is 89.8 Å². The molecular formula is C42H41Cl3FN7O12S. The van der Waals surface area contributed by atoms with Crippen molar-refractivity contribution in [2.75, 3.05) is 36.4 Å². The van der Waals surface area contributed by atoms with Gasteiger partial charge in [0.1, 0.15) is 45.9 Å². The Bertz CT molecular complexity index is 2760. The molecule has 66 heavy (non-hydrogen) atoms. The third-order valence-corrected chi connectivity index (χ3v) is 11.1. The minimum Gasteiger partial charge on any atom is -0.491 e. The summed E-state index contributed by atoms with van der Waals surface area (Å²) in [5.74, 6) is -1.55. The first-order valence-corrected chi connectivity index (χ1v) is 22.3. The van der Waals surface area contributed by atoms with Crippen molar-refractivity contribution in [1.82, 2.24) is 24.7 Å². The standard InChI is InChI=1S/C17H17ClFNO4.C14H16ClN5O5S.C11H8ClNO3/c1-9(2)15-16(21)20(17(22)24-15)13-8-14(11(18)7-12(13)19)23-10-5-3-4-6-10;1-9-16-12(19-14(17-9)24-2)18-13(21)20-26(22,23)11-6-4-3-5-10(11)25-8-7-15;12-8-3-4-9(16-6-10(14)15)11-7(8)2-1-5-13-11/h7-8,10H,3-6H2,1-2H3;3-6H,7-8H2,1-2H3,(H2,16,17,18,19,20,21);1-5H,6H2,(H,14,15). The lowest BCUT2D eigenvalue weighted by Gasteiger charge is -2.18. The zero-order valence-corrected chi connectivity index (χ0v) is 38.6. The third-order valence-electron chi connectivity index (χ3n) is 8.93. The Morgan fingerprint density at radius 2 is 1.68 bits per heavy atom. The van der Waals surface area contributed by atoms with E-state index in [9.17, 15) is 32.0 Å². The number of urea groups is 1. The number of sulfonamides is 1. The largest absolute Gasteiger partial charge is 0.491 e. The number of rotatable bonds is 13. The lowest BCUT2D eigenvalue weighted by molar-refractivity contribution is -0.139. The number of carbonyl (C=O) groups is 4. The number of halogens is 4. The molecule has 2 aromatic heterocycles. The van der Waals surface area contributed by atoms with Crippen molar-refractivity contribution in [2.45, 2.75) is 57.5 Å². The van der Waals surface area contributed by atoms with Crippen LogP contribution in [0, 0.1) is 12.7 Å². The number of amides is 4. The highest BCUT2D eigenvalue weighted by Crippen LogP contribution is 2.38. The number of hydrogen-bond acceptors (Lipinski definition) is 15. The van der Waals surface area contributed by atoms with E-state index in [-0.39, 0.29) is 69.2 Å². The van der Waals surface area contributed by atoms with Crippen LogP contribution in [0.2, 0.25) is 10.0 Å². The Labute approximate surface area is 392 Å².